The Morgan fingerprint density at radius 2 is 1.94 bits per heavy atom. The average Bonchev–Trinajstić information content (AvgIpc) is 2.89. The number of benzene rings is 2. The number of halogens is 4. The number of alkyl halides is 1. The van der Waals surface area contributed by atoms with Gasteiger partial charge >= 0.3 is 0 Å². The average molecular weight is 533 g/mol. The number of fused-ring (bicyclic) bond motifs is 1. The summed E-state index contributed by atoms with van der Waals surface area (Å²) in [6, 6.07) is 9.76. The van der Waals surface area contributed by atoms with E-state index in [-0.39, 0.29) is 28.5 Å². The van der Waals surface area contributed by atoms with Gasteiger partial charge in [-0.2, -0.15) is 0 Å². The zero-order chi connectivity index (χ0) is 25.7. The van der Waals surface area contributed by atoms with E-state index in [0.29, 0.717) is 40.7 Å². The van der Waals surface area contributed by atoms with Crippen molar-refractivity contribution in [1.29, 1.82) is 0 Å². The van der Waals surface area contributed by atoms with Gasteiger partial charge < -0.3 is 9.84 Å². The molecule has 4 nitrogen and oxygen atoms in total. The van der Waals surface area contributed by atoms with E-state index < -0.39 is 12.0 Å². The van der Waals surface area contributed by atoms with E-state index in [1.54, 1.807) is 31.4 Å². The third-order valence-electron chi connectivity index (χ3n) is 7.02. The summed E-state index contributed by atoms with van der Waals surface area (Å²) >= 11 is 12.2. The monoisotopic (exact) mass is 532 g/mol. The number of aromatic nitrogens is 1. The fourth-order valence-electron chi connectivity index (χ4n) is 4.69. The predicted octanol–water partition coefficient (Wildman–Crippen LogP) is 6.61. The number of methoxy groups -OCH3 is 1. The van der Waals surface area contributed by atoms with Gasteiger partial charge in [-0.15, -0.1) is 0 Å². The molecular formula is C28H28Cl2F2N2O2. The highest BCUT2D eigenvalue weighted by Crippen LogP contribution is 2.41. The number of rotatable bonds is 7. The maximum absolute atomic E-state index is 15.6. The van der Waals surface area contributed by atoms with Crippen molar-refractivity contribution in [3.05, 3.63) is 69.6 Å². The van der Waals surface area contributed by atoms with E-state index in [9.17, 15) is 9.50 Å². The van der Waals surface area contributed by atoms with Crippen LogP contribution in [0.3, 0.4) is 0 Å². The van der Waals surface area contributed by atoms with Crippen LogP contribution in [0.5, 0.6) is 5.75 Å². The molecule has 0 aliphatic carbocycles. The Morgan fingerprint density at radius 3 is 2.64 bits per heavy atom. The Balaban J connectivity index is 1.37. The van der Waals surface area contributed by atoms with Crippen molar-refractivity contribution in [1.82, 2.24) is 9.88 Å². The number of ether oxygens (including phenoxy) is 1. The molecular weight excluding hydrogens is 505 g/mol. The van der Waals surface area contributed by atoms with E-state index in [0.717, 1.165) is 25.9 Å². The third kappa shape index (κ3) is 6.10. The summed E-state index contributed by atoms with van der Waals surface area (Å²) in [4.78, 5) is 6.51. The first-order valence-corrected chi connectivity index (χ1v) is 12.6. The second-order valence-corrected chi connectivity index (χ2v) is 10.1. The molecule has 4 rings (SSSR count). The molecule has 1 N–H and O–H groups in total. The lowest BCUT2D eigenvalue weighted by atomic mass is 9.74. The molecule has 0 spiro atoms. The SMILES string of the molecule is COc1ccc2ncc(Cl)c([C@@H](F)CCC3(CO)CCN(CC#Cc4ccc(F)c(Cl)c4)CC3)c2c1. The number of likely N-dealkylation sites (tertiary alicyclic amines) is 1. The quantitative estimate of drug-likeness (QED) is 0.348. The second kappa shape index (κ2) is 11.7. The Morgan fingerprint density at radius 1 is 1.17 bits per heavy atom. The lowest BCUT2D eigenvalue weighted by Crippen LogP contribution is -2.42. The van der Waals surface area contributed by atoms with Crippen LogP contribution in [0.4, 0.5) is 8.78 Å². The molecule has 0 unspecified atom stereocenters. The predicted molar refractivity (Wildman–Crippen MR) is 140 cm³/mol. The number of hydrogen-bond donors (Lipinski definition) is 1. The Kier molecular flexibility index (Phi) is 8.69. The van der Waals surface area contributed by atoms with Gasteiger partial charge in [-0.1, -0.05) is 35.0 Å². The molecule has 0 bridgehead atoms. The summed E-state index contributed by atoms with van der Waals surface area (Å²) in [6.07, 6.45) is 2.49. The first-order valence-electron chi connectivity index (χ1n) is 11.9. The molecule has 1 aromatic heterocycles. The Labute approximate surface area is 220 Å². The molecule has 1 aliphatic rings. The minimum atomic E-state index is -1.29. The van der Waals surface area contributed by atoms with Gasteiger partial charge in [0.1, 0.15) is 17.7 Å². The zero-order valence-electron chi connectivity index (χ0n) is 20.0. The maximum atomic E-state index is 15.6. The van der Waals surface area contributed by atoms with Gasteiger partial charge in [-0.05, 0) is 80.6 Å². The van der Waals surface area contributed by atoms with E-state index in [1.807, 2.05) is 0 Å². The molecule has 0 radical (unpaired) electrons. The molecule has 0 amide bonds. The molecule has 2 aromatic carbocycles. The molecule has 3 aromatic rings. The van der Waals surface area contributed by atoms with Crippen molar-refractivity contribution in [2.24, 2.45) is 5.41 Å². The fraction of sp³-hybridized carbons (Fsp3) is 0.393. The van der Waals surface area contributed by atoms with E-state index in [2.05, 4.69) is 21.7 Å². The zero-order valence-corrected chi connectivity index (χ0v) is 21.5. The van der Waals surface area contributed by atoms with Gasteiger partial charge in [0.15, 0.2) is 0 Å². The van der Waals surface area contributed by atoms with Crippen LogP contribution in [-0.2, 0) is 0 Å². The normalized spacial score (nSPS) is 16.4. The van der Waals surface area contributed by atoms with Crippen LogP contribution in [0.2, 0.25) is 10.0 Å². The number of hydrogen-bond acceptors (Lipinski definition) is 4. The summed E-state index contributed by atoms with van der Waals surface area (Å²) in [6.45, 7) is 2.08. The Bertz CT molecular complexity index is 1280. The third-order valence-corrected chi connectivity index (χ3v) is 7.61. The number of aliphatic hydroxyl groups excluding tert-OH is 1. The molecule has 36 heavy (non-hydrogen) atoms. The smallest absolute Gasteiger partial charge is 0.141 e. The standard InChI is InChI=1S/C28H28Cl2F2N2O2/c1-36-20-5-7-26-21(16-20)27(23(30)17-33-26)25(32)8-9-28(18-35)10-13-34(14-11-28)12-2-3-19-4-6-24(31)22(29)15-19/h4-7,15-17,25,35H,8-14,18H2,1H3/t25-/m0/s1. The van der Waals surface area contributed by atoms with Crippen molar-refractivity contribution in [3.63, 3.8) is 0 Å². The minimum absolute atomic E-state index is 0.00592. The van der Waals surface area contributed by atoms with Crippen LogP contribution in [0.25, 0.3) is 10.9 Å². The molecule has 0 saturated carbocycles. The maximum Gasteiger partial charge on any atom is 0.141 e. The van der Waals surface area contributed by atoms with Gasteiger partial charge in [-0.25, -0.2) is 8.78 Å². The highest BCUT2D eigenvalue weighted by Gasteiger charge is 2.35. The van der Waals surface area contributed by atoms with Crippen molar-refractivity contribution in [3.8, 4) is 17.6 Å². The number of aliphatic hydroxyl groups is 1. The van der Waals surface area contributed by atoms with Gasteiger partial charge in [-0.3, -0.25) is 9.88 Å². The van der Waals surface area contributed by atoms with Crippen molar-refractivity contribution >= 4 is 34.1 Å². The van der Waals surface area contributed by atoms with Gasteiger partial charge in [0.25, 0.3) is 0 Å². The molecule has 190 valence electrons. The number of nitrogens with zero attached hydrogens (tertiary/aromatic N) is 2. The van der Waals surface area contributed by atoms with Crippen LogP contribution in [-0.4, -0.2) is 48.3 Å². The molecule has 2 heterocycles. The van der Waals surface area contributed by atoms with Crippen molar-refractivity contribution in [2.45, 2.75) is 31.9 Å². The molecule has 1 atom stereocenters. The van der Waals surface area contributed by atoms with Crippen LogP contribution >= 0.6 is 23.2 Å². The molecule has 1 aliphatic heterocycles. The first kappa shape index (κ1) is 26.6. The number of piperidine rings is 1. The summed E-state index contributed by atoms with van der Waals surface area (Å²) in [5.41, 5.74) is 1.40. The largest absolute Gasteiger partial charge is 0.497 e. The summed E-state index contributed by atoms with van der Waals surface area (Å²) in [7, 11) is 1.56. The van der Waals surface area contributed by atoms with Crippen molar-refractivity contribution < 1.29 is 18.6 Å². The molecule has 1 saturated heterocycles. The van der Waals surface area contributed by atoms with E-state index in [1.165, 1.54) is 18.3 Å². The highest BCUT2D eigenvalue weighted by atomic mass is 35.5. The molecule has 1 fully saturated rings. The summed E-state index contributed by atoms with van der Waals surface area (Å²) in [5.74, 6) is 6.27. The van der Waals surface area contributed by atoms with Gasteiger partial charge in [0, 0.05) is 29.3 Å². The summed E-state index contributed by atoms with van der Waals surface area (Å²) < 4.78 is 34.2. The highest BCUT2D eigenvalue weighted by molar-refractivity contribution is 6.32. The van der Waals surface area contributed by atoms with Crippen molar-refractivity contribution in [2.75, 3.05) is 33.4 Å². The van der Waals surface area contributed by atoms with Crippen LogP contribution in [0.1, 0.15) is 43.0 Å². The lowest BCUT2D eigenvalue weighted by Gasteiger charge is -2.40. The minimum Gasteiger partial charge on any atom is -0.497 e. The molecule has 8 heteroatoms. The topological polar surface area (TPSA) is 45.6 Å². The Hall–Kier alpha value is -2.43. The lowest BCUT2D eigenvalue weighted by molar-refractivity contribution is 0.0344. The second-order valence-electron chi connectivity index (χ2n) is 9.27. The van der Waals surface area contributed by atoms with Crippen LogP contribution in [0.15, 0.2) is 42.6 Å². The summed E-state index contributed by atoms with van der Waals surface area (Å²) in [5, 5.41) is 11.2. The van der Waals surface area contributed by atoms with Crippen LogP contribution < -0.4 is 4.74 Å². The van der Waals surface area contributed by atoms with Crippen LogP contribution in [0, 0.1) is 23.1 Å². The fourth-order valence-corrected chi connectivity index (χ4v) is 5.14. The van der Waals surface area contributed by atoms with Gasteiger partial charge in [0.05, 0.1) is 29.2 Å². The van der Waals surface area contributed by atoms with E-state index in [4.69, 9.17) is 27.9 Å². The first-order chi connectivity index (χ1) is 17.3. The van der Waals surface area contributed by atoms with Gasteiger partial charge in [0.2, 0.25) is 0 Å². The van der Waals surface area contributed by atoms with E-state index >= 15 is 4.39 Å². The number of pyridine rings is 1.